The van der Waals surface area contributed by atoms with Crippen LogP contribution in [0.15, 0.2) is 224 Å². The van der Waals surface area contributed by atoms with Crippen LogP contribution in [0.5, 0.6) is 0 Å². The molecule has 1 aliphatic carbocycles. The minimum Gasteiger partial charge on any atom is -0.0639 e. The van der Waals surface area contributed by atoms with Gasteiger partial charge in [0.1, 0.15) is 0 Å². The van der Waals surface area contributed by atoms with Gasteiger partial charge in [-0.05, 0) is 136 Å². The lowest BCUT2D eigenvalue weighted by Crippen LogP contribution is -2.25. The van der Waals surface area contributed by atoms with E-state index in [1.807, 2.05) is 0 Å². The molecule has 10 aromatic rings. The van der Waals surface area contributed by atoms with Gasteiger partial charge in [-0.1, -0.05) is 207 Å². The molecule has 1 aliphatic rings. The molecular weight excluding hydrogens is 709 g/mol. The zero-order valence-electron chi connectivity index (χ0n) is 33.1. The van der Waals surface area contributed by atoms with Crippen LogP contribution >= 0.6 is 0 Å². The fourth-order valence-electron chi connectivity index (χ4n) is 10.1. The van der Waals surface area contributed by atoms with Crippen LogP contribution in [0.2, 0.25) is 0 Å². The van der Waals surface area contributed by atoms with Crippen LogP contribution in [0.3, 0.4) is 0 Å². The molecule has 59 heavy (non-hydrogen) atoms. The monoisotopic (exact) mass is 750 g/mol. The zero-order valence-corrected chi connectivity index (χ0v) is 33.1. The summed E-state index contributed by atoms with van der Waals surface area (Å²) in [5.74, 6) is 0. The molecule has 0 fully saturated rings. The fourth-order valence-corrected chi connectivity index (χ4v) is 10.1. The van der Waals surface area contributed by atoms with Gasteiger partial charge in [0.25, 0.3) is 0 Å². The summed E-state index contributed by atoms with van der Waals surface area (Å²) >= 11 is 0. The summed E-state index contributed by atoms with van der Waals surface area (Å²) in [6, 6.07) is 83.1. The second kappa shape index (κ2) is 14.3. The highest BCUT2D eigenvalue weighted by Crippen LogP contribution is 2.56. The van der Waals surface area contributed by atoms with E-state index >= 15 is 0 Å². The smallest absolute Gasteiger partial charge is 0.0461 e. The lowest BCUT2D eigenvalue weighted by Gasteiger charge is -2.32. The number of benzene rings is 10. The number of hydrogen-bond acceptors (Lipinski definition) is 0. The lowest BCUT2D eigenvalue weighted by atomic mass is 9.70. The van der Waals surface area contributed by atoms with Crippen molar-refractivity contribution in [3.8, 4) is 66.8 Å². The maximum atomic E-state index is 2.52. The van der Waals surface area contributed by atoms with Gasteiger partial charge < -0.3 is 0 Å². The molecule has 10 aromatic carbocycles. The van der Waals surface area contributed by atoms with E-state index < -0.39 is 0 Å². The van der Waals surface area contributed by atoms with Gasteiger partial charge in [-0.2, -0.15) is 0 Å². The van der Waals surface area contributed by atoms with E-state index in [2.05, 4.69) is 231 Å². The van der Waals surface area contributed by atoms with Crippen molar-refractivity contribution >= 4 is 21.5 Å². The molecule has 0 saturated carbocycles. The van der Waals surface area contributed by atoms with Crippen LogP contribution in [0.25, 0.3) is 88.3 Å². The van der Waals surface area contributed by atoms with Gasteiger partial charge in [0.15, 0.2) is 0 Å². The fraction of sp³-hybridized carbons (Fsp3) is 0.0508. The predicted molar refractivity (Wildman–Crippen MR) is 251 cm³/mol. The van der Waals surface area contributed by atoms with Gasteiger partial charge in [0, 0.05) is 5.41 Å². The maximum absolute atomic E-state index is 2.52. The Balaban J connectivity index is 1.07. The van der Waals surface area contributed by atoms with Gasteiger partial charge in [-0.3, -0.25) is 0 Å². The molecule has 1 unspecified atom stereocenters. The Morgan fingerprint density at radius 3 is 1.20 bits per heavy atom. The molecule has 0 aromatic heterocycles. The van der Waals surface area contributed by atoms with E-state index in [9.17, 15) is 0 Å². The van der Waals surface area contributed by atoms with E-state index in [1.54, 1.807) is 0 Å². The summed E-state index contributed by atoms with van der Waals surface area (Å²) in [5.41, 5.74) is 18.9. The third-order valence-electron chi connectivity index (χ3n) is 12.8. The molecule has 0 heteroatoms. The zero-order chi connectivity index (χ0) is 39.3. The third-order valence-corrected chi connectivity index (χ3v) is 12.8. The van der Waals surface area contributed by atoms with E-state index in [-0.39, 0.29) is 5.41 Å². The molecule has 1 atom stereocenters. The molecule has 0 heterocycles. The minimum atomic E-state index is -0.223. The third kappa shape index (κ3) is 5.67. The maximum Gasteiger partial charge on any atom is 0.0461 e. The second-order valence-electron chi connectivity index (χ2n) is 15.9. The Hall–Kier alpha value is -7.28. The summed E-state index contributed by atoms with van der Waals surface area (Å²) < 4.78 is 0. The van der Waals surface area contributed by atoms with Crippen molar-refractivity contribution in [2.75, 3.05) is 0 Å². The Labute approximate surface area is 346 Å². The Kier molecular flexibility index (Phi) is 8.45. The van der Waals surface area contributed by atoms with Crippen molar-refractivity contribution in [2.24, 2.45) is 0 Å². The summed E-state index contributed by atoms with van der Waals surface area (Å²) in [6.07, 6.45) is 0.977. The SMILES string of the molecule is CCC1(c2ccccc2)c2ccccc2-c2ccc(-c3c4ccccc4c(-c4ccc(-c5cc(-c6ccccc6)cc(-c6ccccc6)c5)cc4)c4ccccc34)cc21. The normalized spacial score (nSPS) is 14.3. The van der Waals surface area contributed by atoms with Crippen LogP contribution in [-0.4, -0.2) is 0 Å². The van der Waals surface area contributed by atoms with E-state index in [4.69, 9.17) is 0 Å². The van der Waals surface area contributed by atoms with Gasteiger partial charge in [0.05, 0.1) is 0 Å². The van der Waals surface area contributed by atoms with Gasteiger partial charge >= 0.3 is 0 Å². The molecule has 0 spiro atoms. The molecule has 0 N–H and O–H groups in total. The highest BCUT2D eigenvalue weighted by atomic mass is 14.4. The topological polar surface area (TPSA) is 0 Å². The average Bonchev–Trinajstić information content (AvgIpc) is 3.61. The molecule has 278 valence electrons. The molecule has 0 amide bonds. The van der Waals surface area contributed by atoms with Crippen LogP contribution in [-0.2, 0) is 5.41 Å². The largest absolute Gasteiger partial charge is 0.0639 e. The Morgan fingerprint density at radius 1 is 0.288 bits per heavy atom. The highest BCUT2D eigenvalue weighted by molar-refractivity contribution is 6.21. The second-order valence-corrected chi connectivity index (χ2v) is 15.9. The quantitative estimate of drug-likeness (QED) is 0.142. The summed E-state index contributed by atoms with van der Waals surface area (Å²) in [6.45, 7) is 2.35. The molecule has 11 rings (SSSR count). The number of hydrogen-bond donors (Lipinski definition) is 0. The molecule has 0 saturated heterocycles. The first kappa shape index (κ1) is 34.9. The summed E-state index contributed by atoms with van der Waals surface area (Å²) in [5, 5.41) is 5.07. The first-order valence-electron chi connectivity index (χ1n) is 20.8. The summed E-state index contributed by atoms with van der Waals surface area (Å²) in [4.78, 5) is 0. The molecular formula is C59H42. The van der Waals surface area contributed by atoms with Crippen molar-refractivity contribution in [1.82, 2.24) is 0 Å². The minimum absolute atomic E-state index is 0.223. The Morgan fingerprint density at radius 2 is 0.678 bits per heavy atom. The van der Waals surface area contributed by atoms with Crippen molar-refractivity contribution in [3.63, 3.8) is 0 Å². The first-order chi connectivity index (χ1) is 29.2. The number of fused-ring (bicyclic) bond motifs is 5. The van der Waals surface area contributed by atoms with Crippen molar-refractivity contribution < 1.29 is 0 Å². The highest BCUT2D eigenvalue weighted by Gasteiger charge is 2.43. The van der Waals surface area contributed by atoms with Crippen LogP contribution in [0, 0.1) is 0 Å². The predicted octanol–water partition coefficient (Wildman–Crippen LogP) is 16.1. The van der Waals surface area contributed by atoms with Gasteiger partial charge in [0.2, 0.25) is 0 Å². The van der Waals surface area contributed by atoms with Gasteiger partial charge in [-0.15, -0.1) is 0 Å². The molecule has 0 radical (unpaired) electrons. The molecule has 0 aliphatic heterocycles. The van der Waals surface area contributed by atoms with E-state index in [1.165, 1.54) is 105 Å². The number of rotatable bonds is 7. The van der Waals surface area contributed by atoms with Crippen molar-refractivity contribution in [2.45, 2.75) is 18.8 Å². The van der Waals surface area contributed by atoms with Crippen LogP contribution in [0.1, 0.15) is 30.0 Å². The first-order valence-corrected chi connectivity index (χ1v) is 20.8. The summed E-state index contributed by atoms with van der Waals surface area (Å²) in [7, 11) is 0. The van der Waals surface area contributed by atoms with Crippen molar-refractivity contribution in [3.05, 3.63) is 241 Å². The average molecular weight is 751 g/mol. The van der Waals surface area contributed by atoms with E-state index in [0.29, 0.717) is 0 Å². The lowest BCUT2D eigenvalue weighted by molar-refractivity contribution is 0.609. The Bertz CT molecular complexity index is 3040. The van der Waals surface area contributed by atoms with Crippen molar-refractivity contribution in [1.29, 1.82) is 0 Å². The van der Waals surface area contributed by atoms with Gasteiger partial charge in [-0.25, -0.2) is 0 Å². The van der Waals surface area contributed by atoms with E-state index in [0.717, 1.165) is 6.42 Å². The van der Waals surface area contributed by atoms with Crippen LogP contribution in [0.4, 0.5) is 0 Å². The molecule has 0 bridgehead atoms. The standard InChI is InChI=1S/C59H42/c1-2-59(48-22-10-5-11-23-48)55-29-17-16-24-49(55)50-35-34-44(39-56(50)59)58-53-27-14-12-25-51(53)57(52-26-13-15-28-54(52)58)43-32-30-42(31-33-43)47-37-45(40-18-6-3-7-19-40)36-46(38-47)41-20-8-4-9-21-41/h3-39H,2H2,1H3. The van der Waals surface area contributed by atoms with Crippen LogP contribution < -0.4 is 0 Å². The molecule has 0 nitrogen and oxygen atoms in total.